The maximum Gasteiger partial charge on any atom is 0.407 e. The van der Waals surface area contributed by atoms with Crippen LogP contribution in [0.4, 0.5) is 9.59 Å². The van der Waals surface area contributed by atoms with E-state index in [9.17, 15) is 14.4 Å². The van der Waals surface area contributed by atoms with Crippen LogP contribution in [0.5, 0.6) is 0 Å². The second kappa shape index (κ2) is 15.3. The van der Waals surface area contributed by atoms with Crippen molar-refractivity contribution in [2.75, 3.05) is 12.3 Å². The largest absolute Gasteiger partial charge is 0.444 e. The Labute approximate surface area is 296 Å². The van der Waals surface area contributed by atoms with Crippen LogP contribution in [0.2, 0.25) is 0 Å². The number of hydrogen-bond donors (Lipinski definition) is 5. The average Bonchev–Trinajstić information content (AvgIpc) is 3.65. The number of hydrogen-bond acceptors (Lipinski definition) is 7. The Balaban J connectivity index is 1.34. The van der Waals surface area contributed by atoms with Crippen molar-refractivity contribution in [3.8, 4) is 22.4 Å². The van der Waals surface area contributed by atoms with Crippen LogP contribution in [0.15, 0.2) is 54.7 Å². The third-order valence-electron chi connectivity index (χ3n) is 8.79. The predicted octanol–water partition coefficient (Wildman–Crippen LogP) is 7.80. The van der Waals surface area contributed by atoms with Crippen LogP contribution in [0.3, 0.4) is 0 Å². The monoisotopic (exact) mass is 691 g/mol. The van der Waals surface area contributed by atoms with Crippen LogP contribution in [0.1, 0.15) is 104 Å². The van der Waals surface area contributed by atoms with Crippen molar-refractivity contribution in [3.63, 3.8) is 0 Å². The number of H-pyrrole nitrogens is 1. The number of nitrogens with zero attached hydrogens (tertiary/aromatic N) is 1. The molecule has 0 radical (unpaired) electrons. The maximum absolute atomic E-state index is 13.3. The van der Waals surface area contributed by atoms with Crippen molar-refractivity contribution in [2.24, 2.45) is 0 Å². The van der Waals surface area contributed by atoms with E-state index in [1.807, 2.05) is 78.9 Å². The first-order valence-electron chi connectivity index (χ1n) is 17.1. The highest BCUT2D eigenvalue weighted by atomic mass is 32.1. The lowest BCUT2D eigenvalue weighted by atomic mass is 9.86. The Morgan fingerprint density at radius 3 is 2.06 bits per heavy atom. The molecule has 1 saturated carbocycles. The van der Waals surface area contributed by atoms with Gasteiger partial charge in [-0.2, -0.15) is 12.6 Å². The number of ether oxygens (including phenoxy) is 2. The summed E-state index contributed by atoms with van der Waals surface area (Å²) in [6.45, 7) is 15.6. The van der Waals surface area contributed by atoms with Gasteiger partial charge in [0.1, 0.15) is 17.0 Å². The molecular formula is C38H53N5O5S. The fourth-order valence-electron chi connectivity index (χ4n) is 6.02. The minimum atomic E-state index is -0.590. The zero-order chi connectivity index (χ0) is 36.0. The summed E-state index contributed by atoms with van der Waals surface area (Å²) >= 11 is 4.63. The van der Waals surface area contributed by atoms with E-state index >= 15 is 0 Å². The summed E-state index contributed by atoms with van der Waals surface area (Å²) in [5, 5.41) is 8.95. The minimum Gasteiger partial charge on any atom is -0.444 e. The molecule has 0 unspecified atom stereocenters. The molecule has 11 heteroatoms. The summed E-state index contributed by atoms with van der Waals surface area (Å²) in [4.78, 5) is 45.8. The molecule has 266 valence electrons. The summed E-state index contributed by atoms with van der Waals surface area (Å²) in [6.07, 6.45) is 4.94. The summed E-state index contributed by atoms with van der Waals surface area (Å²) in [5.41, 5.74) is 2.51. The number of aromatic amines is 1. The van der Waals surface area contributed by atoms with Gasteiger partial charge in [-0.25, -0.2) is 14.6 Å². The van der Waals surface area contributed by atoms with Crippen molar-refractivity contribution in [1.29, 1.82) is 0 Å². The number of thiol groups is 1. The third kappa shape index (κ3) is 10.5. The van der Waals surface area contributed by atoms with E-state index in [2.05, 4.69) is 64.8 Å². The second-order valence-corrected chi connectivity index (χ2v) is 15.8. The molecule has 3 aromatic rings. The second-order valence-electron chi connectivity index (χ2n) is 15.5. The van der Waals surface area contributed by atoms with Gasteiger partial charge in [-0.05, 0) is 109 Å². The third-order valence-corrected chi connectivity index (χ3v) is 9.49. The topological polar surface area (TPSA) is 134 Å². The van der Waals surface area contributed by atoms with E-state index < -0.39 is 28.9 Å². The highest BCUT2D eigenvalue weighted by Gasteiger charge is 2.41. The van der Waals surface area contributed by atoms with Gasteiger partial charge < -0.3 is 30.4 Å². The first-order chi connectivity index (χ1) is 22.9. The lowest BCUT2D eigenvalue weighted by Crippen LogP contribution is -2.58. The number of benzene rings is 2. The standard InChI is InChI=1S/C38H53N5O5S/c1-35(2,3)47-33(45)39-22-10-20-37(7,24-49)32-40-23-29(41-32)27-16-12-25(13-17-27)26-14-18-28(19-15-26)31(44)43-38(8)21-9-11-30(38)42-34(46)48-36(4,5)6/h12-19,23,30,49H,9-11,20-22,24H2,1-8H3,(H,39,45)(H,40,41)(H,42,46)(H,43,44)/t30-,37+,38-/m1/s1. The van der Waals surface area contributed by atoms with Gasteiger partial charge in [0.05, 0.1) is 23.5 Å². The number of carbonyl (C=O) groups excluding carboxylic acids is 3. The van der Waals surface area contributed by atoms with Gasteiger partial charge in [0, 0.05) is 23.3 Å². The number of amides is 3. The number of alkyl carbamates (subject to hydrolysis) is 2. The van der Waals surface area contributed by atoms with Gasteiger partial charge in [-0.3, -0.25) is 4.79 Å². The molecule has 0 aliphatic heterocycles. The van der Waals surface area contributed by atoms with Crippen LogP contribution in [-0.2, 0) is 14.9 Å². The van der Waals surface area contributed by atoms with Crippen molar-refractivity contribution < 1.29 is 23.9 Å². The van der Waals surface area contributed by atoms with E-state index in [1.165, 1.54) is 0 Å². The quantitative estimate of drug-likeness (QED) is 0.103. The average molecular weight is 692 g/mol. The molecule has 2 aromatic carbocycles. The lowest BCUT2D eigenvalue weighted by Gasteiger charge is -2.34. The Bertz CT molecular complexity index is 1590. The van der Waals surface area contributed by atoms with E-state index in [0.717, 1.165) is 60.3 Å². The van der Waals surface area contributed by atoms with Gasteiger partial charge in [0.25, 0.3) is 5.91 Å². The molecular weight excluding hydrogens is 639 g/mol. The Hall–Kier alpha value is -3.99. The molecule has 3 atom stereocenters. The van der Waals surface area contributed by atoms with E-state index in [4.69, 9.17) is 14.5 Å². The number of aromatic nitrogens is 2. The fraction of sp³-hybridized carbons (Fsp3) is 0.526. The number of carbonyl (C=O) groups is 3. The van der Waals surface area contributed by atoms with Gasteiger partial charge in [0.2, 0.25) is 0 Å². The highest BCUT2D eigenvalue weighted by Crippen LogP contribution is 2.32. The number of nitrogens with one attached hydrogen (secondary N) is 4. The Morgan fingerprint density at radius 2 is 1.47 bits per heavy atom. The minimum absolute atomic E-state index is 0.176. The van der Waals surface area contributed by atoms with E-state index in [-0.39, 0.29) is 17.4 Å². The first kappa shape index (κ1) is 37.8. The van der Waals surface area contributed by atoms with Crippen LogP contribution in [0, 0.1) is 0 Å². The molecule has 3 amide bonds. The molecule has 1 aliphatic carbocycles. The fourth-order valence-corrected chi connectivity index (χ4v) is 6.32. The normalized spacial score (nSPS) is 19.1. The molecule has 0 saturated heterocycles. The van der Waals surface area contributed by atoms with Crippen LogP contribution >= 0.6 is 12.6 Å². The van der Waals surface area contributed by atoms with Crippen LogP contribution in [0.25, 0.3) is 22.4 Å². The van der Waals surface area contributed by atoms with Crippen molar-refractivity contribution in [2.45, 2.75) is 116 Å². The molecule has 10 nitrogen and oxygen atoms in total. The van der Waals surface area contributed by atoms with Gasteiger partial charge in [0.15, 0.2) is 0 Å². The van der Waals surface area contributed by atoms with Crippen LogP contribution < -0.4 is 16.0 Å². The molecule has 1 heterocycles. The van der Waals surface area contributed by atoms with Crippen LogP contribution in [-0.4, -0.2) is 63.1 Å². The summed E-state index contributed by atoms with van der Waals surface area (Å²) in [7, 11) is 0. The zero-order valence-corrected chi connectivity index (χ0v) is 31.1. The summed E-state index contributed by atoms with van der Waals surface area (Å²) < 4.78 is 10.8. The molecule has 4 N–H and O–H groups in total. The predicted molar refractivity (Wildman–Crippen MR) is 197 cm³/mol. The molecule has 49 heavy (non-hydrogen) atoms. The SMILES string of the molecule is CC(C)(C)OC(=O)NCCC[C@@](C)(CS)c1ncc(-c2ccc(-c3ccc(C(=O)N[C@]4(C)CCC[C@H]4NC(=O)OC(C)(C)C)cc3)cc2)[nH]1. The number of rotatable bonds is 11. The Morgan fingerprint density at radius 1 is 0.898 bits per heavy atom. The molecule has 0 spiro atoms. The molecule has 1 fully saturated rings. The summed E-state index contributed by atoms with van der Waals surface area (Å²) in [5.74, 6) is 1.28. The number of imidazole rings is 1. The molecule has 1 aliphatic rings. The highest BCUT2D eigenvalue weighted by molar-refractivity contribution is 7.80. The van der Waals surface area contributed by atoms with Crippen molar-refractivity contribution in [1.82, 2.24) is 25.9 Å². The maximum atomic E-state index is 13.3. The van der Waals surface area contributed by atoms with E-state index in [0.29, 0.717) is 17.9 Å². The molecule has 0 bridgehead atoms. The zero-order valence-electron chi connectivity index (χ0n) is 30.2. The first-order valence-corrected chi connectivity index (χ1v) is 17.7. The van der Waals surface area contributed by atoms with Crippen molar-refractivity contribution in [3.05, 3.63) is 66.1 Å². The molecule has 1 aromatic heterocycles. The van der Waals surface area contributed by atoms with E-state index in [1.54, 1.807) is 0 Å². The van der Waals surface area contributed by atoms with Gasteiger partial charge in [-0.15, -0.1) is 0 Å². The van der Waals surface area contributed by atoms with Crippen molar-refractivity contribution >= 4 is 30.7 Å². The Kier molecular flexibility index (Phi) is 11.8. The molecule has 4 rings (SSSR count). The van der Waals surface area contributed by atoms with Gasteiger partial charge in [-0.1, -0.05) is 43.3 Å². The lowest BCUT2D eigenvalue weighted by molar-refractivity contribution is 0.0473. The smallest absolute Gasteiger partial charge is 0.407 e. The summed E-state index contributed by atoms with van der Waals surface area (Å²) in [6, 6.07) is 15.5. The van der Waals surface area contributed by atoms with Gasteiger partial charge >= 0.3 is 12.2 Å².